The molecule has 10 heteroatoms. The lowest BCUT2D eigenvalue weighted by molar-refractivity contribution is -0.757. The van der Waals surface area contributed by atoms with Crippen molar-refractivity contribution >= 4 is 33.6 Å². The number of fused-ring (bicyclic) bond motifs is 2. The number of aryl methyl sites for hydroxylation is 3. The van der Waals surface area contributed by atoms with E-state index in [1.807, 2.05) is 42.5 Å². The zero-order chi connectivity index (χ0) is 35.9. The van der Waals surface area contributed by atoms with Gasteiger partial charge in [-0.1, -0.05) is 74.0 Å². The number of hydrogen-bond acceptors (Lipinski definition) is 7. The van der Waals surface area contributed by atoms with E-state index in [9.17, 15) is 19.7 Å². The Bertz CT molecular complexity index is 2200. The Balaban J connectivity index is 1.18. The molecule has 0 atom stereocenters. The molecule has 0 unspecified atom stereocenters. The molecule has 4 aromatic carbocycles. The average molecular weight is 686 g/mol. The third-order valence-corrected chi connectivity index (χ3v) is 9.40. The first-order valence-corrected chi connectivity index (χ1v) is 17.7. The van der Waals surface area contributed by atoms with E-state index in [1.165, 1.54) is 0 Å². The fraction of sp³-hybridized carbons (Fsp3) is 0.317. The second-order valence-electron chi connectivity index (χ2n) is 13.1. The van der Waals surface area contributed by atoms with Crippen LogP contribution in [0.1, 0.15) is 79.2 Å². The molecule has 262 valence electrons. The van der Waals surface area contributed by atoms with Gasteiger partial charge in [-0.05, 0) is 72.7 Å². The number of benzene rings is 4. The van der Waals surface area contributed by atoms with Crippen LogP contribution in [0.2, 0.25) is 0 Å². The summed E-state index contributed by atoms with van der Waals surface area (Å²) in [6, 6.07) is 28.5. The van der Waals surface area contributed by atoms with Crippen LogP contribution in [0.25, 0.3) is 44.6 Å². The van der Waals surface area contributed by atoms with Crippen LogP contribution in [-0.2, 0) is 29.6 Å². The number of para-hydroxylation sites is 2. The van der Waals surface area contributed by atoms with Crippen molar-refractivity contribution in [2.45, 2.75) is 71.8 Å². The minimum Gasteiger partial charge on any atom is -0.327 e. The molecule has 6 aromatic rings. The molecule has 0 N–H and O–H groups in total. The van der Waals surface area contributed by atoms with Crippen molar-refractivity contribution in [3.05, 3.63) is 118 Å². The van der Waals surface area contributed by atoms with Crippen LogP contribution in [0, 0.1) is 17.0 Å². The predicted molar refractivity (Wildman–Crippen MR) is 199 cm³/mol. The van der Waals surface area contributed by atoms with E-state index in [-0.39, 0.29) is 31.0 Å². The molecule has 0 fully saturated rings. The zero-order valence-electron chi connectivity index (χ0n) is 29.4. The number of carbonyl (C=O) groups excluding carboxylic acids is 2. The van der Waals surface area contributed by atoms with Gasteiger partial charge in [-0.3, -0.25) is 9.59 Å². The number of nitrogens with zero attached hydrogens (tertiary/aromatic N) is 5. The summed E-state index contributed by atoms with van der Waals surface area (Å²) in [4.78, 5) is 50.4. The van der Waals surface area contributed by atoms with Gasteiger partial charge in [-0.2, -0.15) is 0 Å². The summed E-state index contributed by atoms with van der Waals surface area (Å²) in [6.45, 7) is 4.98. The number of imidazole rings is 2. The topological polar surface area (TPSA) is 122 Å². The van der Waals surface area contributed by atoms with Gasteiger partial charge in [0.05, 0.1) is 28.7 Å². The molecule has 0 spiro atoms. The van der Waals surface area contributed by atoms with Crippen LogP contribution in [0.5, 0.6) is 0 Å². The number of aromatic nitrogens is 4. The molecule has 0 radical (unpaired) electrons. The van der Waals surface area contributed by atoms with Gasteiger partial charge in [0.15, 0.2) is 5.78 Å². The van der Waals surface area contributed by atoms with Gasteiger partial charge in [-0.15, -0.1) is 10.1 Å². The second-order valence-corrected chi connectivity index (χ2v) is 13.1. The van der Waals surface area contributed by atoms with Crippen molar-refractivity contribution < 1.29 is 19.5 Å². The number of hydrogen-bond donors (Lipinski definition) is 0. The average Bonchev–Trinajstić information content (AvgIpc) is 3.66. The molecule has 0 amide bonds. The van der Waals surface area contributed by atoms with Crippen molar-refractivity contribution in [2.75, 3.05) is 6.61 Å². The lowest BCUT2D eigenvalue weighted by Crippen LogP contribution is -2.07. The van der Waals surface area contributed by atoms with E-state index in [1.54, 1.807) is 0 Å². The largest absolute Gasteiger partial charge is 0.327 e. The predicted octanol–water partition coefficient (Wildman–Crippen LogP) is 8.87. The molecule has 10 nitrogen and oxygen atoms in total. The Morgan fingerprint density at radius 1 is 0.843 bits per heavy atom. The number of unbranched alkanes of at least 4 members (excludes halogenated alkanes) is 2. The smallest absolute Gasteiger partial charge is 0.294 e. The first kappa shape index (κ1) is 35.2. The SMILES string of the molecule is CCCc1nc2c(C)cc(-c3nc4ccccc4n3C)cc2n1Cc1ccc(-c2ccccc2C(=O)CCC(=O)CCCCCO[N+](=O)[O-])cc1. The maximum Gasteiger partial charge on any atom is 0.294 e. The Morgan fingerprint density at radius 2 is 1.61 bits per heavy atom. The maximum atomic E-state index is 13.3. The standard InChI is InChI=1S/C41H43N5O5/c1-4-12-39-43-40-28(2)25-31(41-42-35-16-9-10-17-36(35)44(41)3)26-37(40)45(39)27-29-18-20-30(21-19-29)33-14-7-8-15-34(33)38(48)23-22-32(47)13-6-5-11-24-51-46(49)50/h7-10,14-21,25-26H,4-6,11-13,22-24,27H2,1-3H3. The van der Waals surface area contributed by atoms with Gasteiger partial charge in [0.25, 0.3) is 5.09 Å². The van der Waals surface area contributed by atoms with Crippen molar-refractivity contribution in [1.82, 2.24) is 19.1 Å². The minimum absolute atomic E-state index is 0.0190. The van der Waals surface area contributed by atoms with Gasteiger partial charge < -0.3 is 14.0 Å². The normalized spacial score (nSPS) is 11.4. The Labute approximate surface area is 297 Å². The second kappa shape index (κ2) is 15.9. The van der Waals surface area contributed by atoms with Crippen LogP contribution < -0.4 is 0 Å². The first-order chi connectivity index (χ1) is 24.7. The number of rotatable bonds is 17. The van der Waals surface area contributed by atoms with Crippen LogP contribution in [0.15, 0.2) is 84.9 Å². The van der Waals surface area contributed by atoms with Gasteiger partial charge >= 0.3 is 0 Å². The monoisotopic (exact) mass is 685 g/mol. The van der Waals surface area contributed by atoms with Crippen molar-refractivity contribution in [1.29, 1.82) is 0 Å². The molecule has 0 aliphatic carbocycles. The summed E-state index contributed by atoms with van der Waals surface area (Å²) in [5, 5.41) is 9.43. The lowest BCUT2D eigenvalue weighted by atomic mass is 9.94. The van der Waals surface area contributed by atoms with E-state index < -0.39 is 5.09 Å². The Morgan fingerprint density at radius 3 is 2.37 bits per heavy atom. The van der Waals surface area contributed by atoms with E-state index in [0.29, 0.717) is 37.8 Å². The molecule has 0 aliphatic heterocycles. The van der Waals surface area contributed by atoms with Gasteiger partial charge in [-0.25, -0.2) is 9.97 Å². The summed E-state index contributed by atoms with van der Waals surface area (Å²) >= 11 is 0. The number of carbonyl (C=O) groups is 2. The molecule has 0 saturated carbocycles. The summed E-state index contributed by atoms with van der Waals surface area (Å²) in [6.07, 6.45) is 4.31. The summed E-state index contributed by atoms with van der Waals surface area (Å²) in [7, 11) is 2.06. The fourth-order valence-electron chi connectivity index (χ4n) is 6.77. The first-order valence-electron chi connectivity index (χ1n) is 17.7. The van der Waals surface area contributed by atoms with Crippen LogP contribution in [0.3, 0.4) is 0 Å². The van der Waals surface area contributed by atoms with Crippen LogP contribution >= 0.6 is 0 Å². The summed E-state index contributed by atoms with van der Waals surface area (Å²) < 4.78 is 4.47. The van der Waals surface area contributed by atoms with E-state index in [4.69, 9.17) is 9.97 Å². The number of Topliss-reactive ketones (excluding diaryl/α,β-unsaturated/α-hetero) is 2. The molecule has 0 saturated heterocycles. The zero-order valence-corrected chi connectivity index (χ0v) is 29.4. The molecule has 2 heterocycles. The fourth-order valence-corrected chi connectivity index (χ4v) is 6.77. The van der Waals surface area contributed by atoms with E-state index >= 15 is 0 Å². The maximum absolute atomic E-state index is 13.3. The highest BCUT2D eigenvalue weighted by molar-refractivity contribution is 6.03. The molecular formula is C41H43N5O5. The van der Waals surface area contributed by atoms with Crippen LogP contribution in [0.4, 0.5) is 0 Å². The minimum atomic E-state index is -0.809. The highest BCUT2D eigenvalue weighted by Crippen LogP contribution is 2.31. The van der Waals surface area contributed by atoms with Crippen molar-refractivity contribution in [2.24, 2.45) is 7.05 Å². The summed E-state index contributed by atoms with van der Waals surface area (Å²) in [5.41, 5.74) is 9.83. The highest BCUT2D eigenvalue weighted by atomic mass is 16.9. The van der Waals surface area contributed by atoms with Gasteiger partial charge in [0.1, 0.15) is 17.4 Å². The van der Waals surface area contributed by atoms with Crippen molar-refractivity contribution in [3.8, 4) is 22.5 Å². The van der Waals surface area contributed by atoms with E-state index in [2.05, 4.69) is 77.3 Å². The lowest BCUT2D eigenvalue weighted by Gasteiger charge is -2.13. The molecular weight excluding hydrogens is 642 g/mol. The highest BCUT2D eigenvalue weighted by Gasteiger charge is 2.18. The van der Waals surface area contributed by atoms with Crippen molar-refractivity contribution in [3.63, 3.8) is 0 Å². The van der Waals surface area contributed by atoms with E-state index in [0.717, 1.165) is 74.4 Å². The quantitative estimate of drug-likeness (QED) is 0.0407. The molecule has 2 aromatic heterocycles. The third-order valence-electron chi connectivity index (χ3n) is 9.40. The Kier molecular flexibility index (Phi) is 11.0. The molecule has 0 aliphatic rings. The third kappa shape index (κ3) is 8.06. The van der Waals surface area contributed by atoms with Gasteiger partial charge in [0.2, 0.25) is 0 Å². The summed E-state index contributed by atoms with van der Waals surface area (Å²) in [5.74, 6) is 1.93. The van der Waals surface area contributed by atoms with Crippen LogP contribution in [-0.4, -0.2) is 42.4 Å². The number of ketones is 2. The molecule has 6 rings (SSSR count). The molecule has 51 heavy (non-hydrogen) atoms. The molecule has 0 bridgehead atoms. The van der Waals surface area contributed by atoms with Gasteiger partial charge in [0, 0.05) is 50.4 Å². The Hall–Kier alpha value is -5.64.